The molecular formula is C42H25N5S. The first-order valence-corrected chi connectivity index (χ1v) is 16.7. The highest BCUT2D eigenvalue weighted by molar-refractivity contribution is 7.26. The number of pyridine rings is 1. The van der Waals surface area contributed by atoms with E-state index >= 15 is 0 Å². The van der Waals surface area contributed by atoms with Crippen LogP contribution in [0.2, 0.25) is 0 Å². The molecule has 0 aliphatic rings. The minimum atomic E-state index is 0.642. The number of thiophene rings is 1. The Morgan fingerprint density at radius 2 is 1.10 bits per heavy atom. The van der Waals surface area contributed by atoms with Crippen LogP contribution in [0.1, 0.15) is 0 Å². The predicted molar refractivity (Wildman–Crippen MR) is 199 cm³/mol. The van der Waals surface area contributed by atoms with Crippen molar-refractivity contribution < 1.29 is 0 Å². The summed E-state index contributed by atoms with van der Waals surface area (Å²) in [6.07, 6.45) is 3.82. The normalized spacial score (nSPS) is 11.8. The van der Waals surface area contributed by atoms with Crippen molar-refractivity contribution in [2.24, 2.45) is 0 Å². The van der Waals surface area contributed by atoms with Crippen molar-refractivity contribution in [2.75, 3.05) is 0 Å². The van der Waals surface area contributed by atoms with Crippen LogP contribution in [0.3, 0.4) is 0 Å². The van der Waals surface area contributed by atoms with Crippen molar-refractivity contribution in [3.8, 4) is 39.9 Å². The van der Waals surface area contributed by atoms with Gasteiger partial charge in [-0.3, -0.25) is 4.98 Å². The molecular weight excluding hydrogens is 607 g/mol. The van der Waals surface area contributed by atoms with Crippen molar-refractivity contribution in [1.29, 1.82) is 0 Å². The molecule has 0 unspecified atom stereocenters. The SMILES string of the molecule is c1ccc(-c2nc(-c3ccc4ccc5c6cnccc6sc5c4c3)nc(-c3ccc4c(c3)c3ccccc3n4-c3ccccc3)n2)cc1. The van der Waals surface area contributed by atoms with Gasteiger partial charge in [-0.1, -0.05) is 91.0 Å². The summed E-state index contributed by atoms with van der Waals surface area (Å²) in [6, 6.07) is 48.8. The lowest BCUT2D eigenvalue weighted by Gasteiger charge is -2.10. The summed E-state index contributed by atoms with van der Waals surface area (Å²) in [7, 11) is 0. The molecule has 0 saturated carbocycles. The van der Waals surface area contributed by atoms with E-state index in [4.69, 9.17) is 15.0 Å². The van der Waals surface area contributed by atoms with Gasteiger partial charge in [-0.15, -0.1) is 11.3 Å². The van der Waals surface area contributed by atoms with Gasteiger partial charge in [0.05, 0.1) is 11.0 Å². The summed E-state index contributed by atoms with van der Waals surface area (Å²) < 4.78 is 4.80. The lowest BCUT2D eigenvalue weighted by Crippen LogP contribution is -2.00. The second-order valence-corrected chi connectivity index (χ2v) is 13.0. The third-order valence-corrected chi connectivity index (χ3v) is 10.3. The molecule has 6 heteroatoms. The second-order valence-electron chi connectivity index (χ2n) is 11.9. The number of aromatic nitrogens is 5. The van der Waals surface area contributed by atoms with Gasteiger partial charge in [-0.05, 0) is 53.9 Å². The van der Waals surface area contributed by atoms with Crippen LogP contribution in [0.5, 0.6) is 0 Å². The van der Waals surface area contributed by atoms with Gasteiger partial charge in [-0.2, -0.15) is 0 Å². The van der Waals surface area contributed by atoms with Gasteiger partial charge in [0, 0.05) is 71.1 Å². The molecule has 0 fully saturated rings. The third-order valence-electron chi connectivity index (χ3n) is 9.13. The van der Waals surface area contributed by atoms with Crippen LogP contribution < -0.4 is 0 Å². The summed E-state index contributed by atoms with van der Waals surface area (Å²) in [5.41, 5.74) is 6.28. The Morgan fingerprint density at radius 3 is 1.92 bits per heavy atom. The van der Waals surface area contributed by atoms with Crippen molar-refractivity contribution in [3.63, 3.8) is 0 Å². The Kier molecular flexibility index (Phi) is 5.98. The Hall–Kier alpha value is -6.24. The second kappa shape index (κ2) is 10.7. The van der Waals surface area contributed by atoms with E-state index in [0.717, 1.165) is 38.8 Å². The molecule has 224 valence electrons. The summed E-state index contributed by atoms with van der Waals surface area (Å²) in [5.74, 6) is 1.93. The summed E-state index contributed by atoms with van der Waals surface area (Å²) in [5, 5.41) is 7.11. The third kappa shape index (κ3) is 4.24. The van der Waals surface area contributed by atoms with Crippen molar-refractivity contribution in [1.82, 2.24) is 24.5 Å². The maximum Gasteiger partial charge on any atom is 0.164 e. The topological polar surface area (TPSA) is 56.5 Å². The van der Waals surface area contributed by atoms with E-state index < -0.39 is 0 Å². The summed E-state index contributed by atoms with van der Waals surface area (Å²) in [4.78, 5) is 19.6. The maximum atomic E-state index is 5.15. The van der Waals surface area contributed by atoms with Crippen molar-refractivity contribution >= 4 is 64.1 Å². The number of rotatable bonds is 4. The van der Waals surface area contributed by atoms with Crippen LogP contribution in [0.4, 0.5) is 0 Å². The van der Waals surface area contributed by atoms with Gasteiger partial charge in [0.1, 0.15) is 0 Å². The van der Waals surface area contributed by atoms with E-state index in [1.54, 1.807) is 11.3 Å². The van der Waals surface area contributed by atoms with E-state index in [9.17, 15) is 0 Å². The average Bonchev–Trinajstić information content (AvgIpc) is 3.71. The molecule has 0 N–H and O–H groups in total. The van der Waals surface area contributed by atoms with Crippen molar-refractivity contribution in [2.45, 2.75) is 0 Å². The average molecular weight is 632 g/mol. The lowest BCUT2D eigenvalue weighted by molar-refractivity contribution is 1.07. The van der Waals surface area contributed by atoms with Gasteiger partial charge in [0.15, 0.2) is 17.5 Å². The first-order chi connectivity index (χ1) is 23.8. The van der Waals surface area contributed by atoms with Gasteiger partial charge >= 0.3 is 0 Å². The summed E-state index contributed by atoms with van der Waals surface area (Å²) in [6.45, 7) is 0. The zero-order valence-electron chi connectivity index (χ0n) is 25.6. The predicted octanol–water partition coefficient (Wildman–Crippen LogP) is 10.9. The van der Waals surface area contributed by atoms with E-state index in [2.05, 4.69) is 131 Å². The molecule has 0 radical (unpaired) electrons. The highest BCUT2D eigenvalue weighted by Crippen LogP contribution is 2.40. The monoisotopic (exact) mass is 631 g/mol. The van der Waals surface area contributed by atoms with Crippen LogP contribution >= 0.6 is 11.3 Å². The van der Waals surface area contributed by atoms with Crippen molar-refractivity contribution in [3.05, 3.63) is 152 Å². The Labute approximate surface area is 279 Å². The minimum Gasteiger partial charge on any atom is -0.309 e. The van der Waals surface area contributed by atoms with Crippen LogP contribution in [0, 0.1) is 0 Å². The fourth-order valence-electron chi connectivity index (χ4n) is 6.85. The molecule has 0 aliphatic heterocycles. The number of para-hydroxylation sites is 2. The van der Waals surface area contributed by atoms with Gasteiger partial charge < -0.3 is 4.57 Å². The van der Waals surface area contributed by atoms with Gasteiger partial charge in [0.2, 0.25) is 0 Å². The first kappa shape index (κ1) is 26.9. The molecule has 10 aromatic rings. The molecule has 6 aromatic carbocycles. The molecule has 5 nitrogen and oxygen atoms in total. The molecule has 0 bridgehead atoms. The van der Waals surface area contributed by atoms with Crippen LogP contribution in [0.25, 0.3) is 92.6 Å². The van der Waals surface area contributed by atoms with Gasteiger partial charge in [-0.25, -0.2) is 15.0 Å². The molecule has 48 heavy (non-hydrogen) atoms. The number of benzene rings is 6. The Bertz CT molecular complexity index is 2840. The highest BCUT2D eigenvalue weighted by Gasteiger charge is 2.17. The fourth-order valence-corrected chi connectivity index (χ4v) is 8.05. The van der Waals surface area contributed by atoms with Crippen LogP contribution in [-0.2, 0) is 0 Å². The Morgan fingerprint density at radius 1 is 0.458 bits per heavy atom. The summed E-state index contributed by atoms with van der Waals surface area (Å²) >= 11 is 1.80. The molecule has 4 heterocycles. The van der Waals surface area contributed by atoms with Gasteiger partial charge in [0.25, 0.3) is 0 Å². The number of nitrogens with zero attached hydrogens (tertiary/aromatic N) is 5. The molecule has 0 aliphatic carbocycles. The molecule has 0 amide bonds. The minimum absolute atomic E-state index is 0.642. The van der Waals surface area contributed by atoms with E-state index in [0.29, 0.717) is 17.5 Å². The van der Waals surface area contributed by atoms with E-state index in [1.165, 1.54) is 36.3 Å². The largest absolute Gasteiger partial charge is 0.309 e. The molecule has 4 aromatic heterocycles. The molecule has 10 rings (SSSR count). The number of hydrogen-bond acceptors (Lipinski definition) is 5. The zero-order valence-corrected chi connectivity index (χ0v) is 26.4. The van der Waals surface area contributed by atoms with Crippen LogP contribution in [-0.4, -0.2) is 24.5 Å². The molecule has 0 saturated heterocycles. The standard InChI is InChI=1S/C42H25N5S/c1-3-9-27(10-4-1)40-44-41(28-16-15-26-17-19-32-35-25-43-22-21-38(35)48-39(32)33(26)23-28)46-42(45-40)29-18-20-37-34(24-29)31-13-7-8-14-36(31)47(37)30-11-5-2-6-12-30/h1-25H. The van der Waals surface area contributed by atoms with E-state index in [1.807, 2.05) is 30.6 Å². The molecule has 0 spiro atoms. The molecule has 0 atom stereocenters. The fraction of sp³-hybridized carbons (Fsp3) is 0. The Balaban J connectivity index is 1.19. The van der Waals surface area contributed by atoms with Crippen LogP contribution in [0.15, 0.2) is 152 Å². The highest BCUT2D eigenvalue weighted by atomic mass is 32.1. The lowest BCUT2D eigenvalue weighted by atomic mass is 10.0. The zero-order chi connectivity index (χ0) is 31.6. The number of hydrogen-bond donors (Lipinski definition) is 0. The van der Waals surface area contributed by atoms with E-state index in [-0.39, 0.29) is 0 Å². The first-order valence-electron chi connectivity index (χ1n) is 15.9. The number of fused-ring (bicyclic) bond motifs is 8. The quantitative estimate of drug-likeness (QED) is 0.194. The maximum absolute atomic E-state index is 5.15. The smallest absolute Gasteiger partial charge is 0.164 e.